The SMILES string of the molecule is CCC(C)C(=O)Nc1c(C(=O)OC)n(CC2CCCO2)c2ncc(NCc3ccc(F)cc3)cc12. The molecule has 1 aliphatic heterocycles. The van der Waals surface area contributed by atoms with Crippen LogP contribution < -0.4 is 10.6 Å². The van der Waals surface area contributed by atoms with Gasteiger partial charge >= 0.3 is 5.97 Å². The van der Waals surface area contributed by atoms with Gasteiger partial charge in [-0.15, -0.1) is 0 Å². The molecule has 1 aromatic carbocycles. The number of fused-ring (bicyclic) bond motifs is 1. The quantitative estimate of drug-likeness (QED) is 0.428. The lowest BCUT2D eigenvalue weighted by molar-refractivity contribution is -0.119. The van der Waals surface area contributed by atoms with Gasteiger partial charge in [-0.3, -0.25) is 4.79 Å². The van der Waals surface area contributed by atoms with Gasteiger partial charge in [-0.1, -0.05) is 26.0 Å². The predicted octanol–water partition coefficient (Wildman–Crippen LogP) is 4.74. The Bertz CT molecular complexity index is 1200. The second-order valence-corrected chi connectivity index (χ2v) is 8.83. The number of methoxy groups -OCH3 is 1. The first kappa shape index (κ1) is 24.7. The Balaban J connectivity index is 1.76. The predicted molar refractivity (Wildman–Crippen MR) is 132 cm³/mol. The standard InChI is InChI=1S/C26H31FN4O4/c1-4-16(2)25(32)30-22-21-12-19(28-13-17-7-9-18(27)10-8-17)14-29-24(21)31(23(22)26(33)34-3)15-20-6-5-11-35-20/h7-10,12,14,16,20,28H,4-6,11,13,15H2,1-3H3,(H,30,32). The normalized spacial score (nSPS) is 16.3. The van der Waals surface area contributed by atoms with Crippen molar-refractivity contribution in [1.29, 1.82) is 0 Å². The molecule has 4 rings (SSSR count). The summed E-state index contributed by atoms with van der Waals surface area (Å²) in [5.74, 6) is -1.26. The van der Waals surface area contributed by atoms with Gasteiger partial charge in [-0.05, 0) is 43.0 Å². The molecule has 1 amide bonds. The average Bonchev–Trinajstić information content (AvgIpc) is 3.49. The Morgan fingerprint density at radius 2 is 2.09 bits per heavy atom. The summed E-state index contributed by atoms with van der Waals surface area (Å²) in [7, 11) is 1.32. The van der Waals surface area contributed by atoms with Crippen molar-refractivity contribution in [2.75, 3.05) is 24.4 Å². The number of nitrogens with one attached hydrogen (secondary N) is 2. The molecule has 2 atom stereocenters. The van der Waals surface area contributed by atoms with Gasteiger partial charge in [0.2, 0.25) is 5.91 Å². The first-order valence-corrected chi connectivity index (χ1v) is 11.9. The van der Waals surface area contributed by atoms with Gasteiger partial charge in [0.25, 0.3) is 0 Å². The van der Waals surface area contributed by atoms with Gasteiger partial charge in [0, 0.05) is 24.5 Å². The second kappa shape index (κ2) is 10.9. The lowest BCUT2D eigenvalue weighted by atomic mass is 10.1. The van der Waals surface area contributed by atoms with Crippen LogP contribution in [0.1, 0.15) is 49.2 Å². The minimum Gasteiger partial charge on any atom is -0.464 e. The van der Waals surface area contributed by atoms with Gasteiger partial charge in [0.1, 0.15) is 11.5 Å². The molecule has 3 heterocycles. The van der Waals surface area contributed by atoms with E-state index in [9.17, 15) is 14.0 Å². The fourth-order valence-electron chi connectivity index (χ4n) is 4.17. The summed E-state index contributed by atoms with van der Waals surface area (Å²) in [5.41, 5.74) is 2.80. The van der Waals surface area contributed by atoms with Crippen LogP contribution in [0.5, 0.6) is 0 Å². The fraction of sp³-hybridized carbons (Fsp3) is 0.423. The Labute approximate surface area is 203 Å². The number of esters is 1. The van der Waals surface area contributed by atoms with E-state index in [2.05, 4.69) is 15.6 Å². The summed E-state index contributed by atoms with van der Waals surface area (Å²) >= 11 is 0. The summed E-state index contributed by atoms with van der Waals surface area (Å²) in [4.78, 5) is 30.4. The number of amides is 1. The van der Waals surface area contributed by atoms with E-state index in [0.717, 1.165) is 18.4 Å². The third kappa shape index (κ3) is 5.45. The van der Waals surface area contributed by atoms with Crippen LogP contribution in [0.2, 0.25) is 0 Å². The lowest BCUT2D eigenvalue weighted by Gasteiger charge is -2.15. The van der Waals surface area contributed by atoms with Crippen LogP contribution in [-0.2, 0) is 27.4 Å². The van der Waals surface area contributed by atoms with Crippen LogP contribution in [-0.4, -0.2) is 41.2 Å². The van der Waals surface area contributed by atoms with Crippen LogP contribution in [0, 0.1) is 11.7 Å². The molecule has 2 unspecified atom stereocenters. The number of carbonyl (C=O) groups is 2. The highest BCUT2D eigenvalue weighted by Gasteiger charge is 2.29. The zero-order chi connectivity index (χ0) is 24.9. The Morgan fingerprint density at radius 1 is 1.31 bits per heavy atom. The number of halogens is 1. The number of benzene rings is 1. The number of hydrogen-bond acceptors (Lipinski definition) is 6. The van der Waals surface area contributed by atoms with Gasteiger partial charge in [0.15, 0.2) is 5.69 Å². The molecule has 0 aliphatic carbocycles. The third-order valence-corrected chi connectivity index (χ3v) is 6.41. The molecule has 0 bridgehead atoms. The topological polar surface area (TPSA) is 94.5 Å². The largest absolute Gasteiger partial charge is 0.464 e. The summed E-state index contributed by atoms with van der Waals surface area (Å²) in [5, 5.41) is 6.87. The van der Waals surface area contributed by atoms with Gasteiger partial charge < -0.3 is 24.7 Å². The van der Waals surface area contributed by atoms with E-state index >= 15 is 0 Å². The highest BCUT2D eigenvalue weighted by atomic mass is 19.1. The first-order chi connectivity index (χ1) is 16.9. The van der Waals surface area contributed by atoms with Crippen molar-refractivity contribution in [1.82, 2.24) is 9.55 Å². The highest BCUT2D eigenvalue weighted by molar-refractivity contribution is 6.11. The van der Waals surface area contributed by atoms with Crippen molar-refractivity contribution in [2.45, 2.75) is 52.3 Å². The van der Waals surface area contributed by atoms with Gasteiger partial charge in [0.05, 0.1) is 37.3 Å². The molecule has 0 saturated carbocycles. The van der Waals surface area contributed by atoms with E-state index in [0.29, 0.717) is 48.5 Å². The average molecular weight is 483 g/mol. The highest BCUT2D eigenvalue weighted by Crippen LogP contribution is 2.34. The molecule has 8 nitrogen and oxygen atoms in total. The van der Waals surface area contributed by atoms with E-state index in [-0.39, 0.29) is 29.4 Å². The van der Waals surface area contributed by atoms with Crippen LogP contribution in [0.3, 0.4) is 0 Å². The van der Waals surface area contributed by atoms with Crippen molar-refractivity contribution in [3.63, 3.8) is 0 Å². The molecule has 0 spiro atoms. The third-order valence-electron chi connectivity index (χ3n) is 6.41. The van der Waals surface area contributed by atoms with Crippen LogP contribution in [0.4, 0.5) is 15.8 Å². The molecule has 9 heteroatoms. The maximum absolute atomic E-state index is 13.2. The Morgan fingerprint density at radius 3 is 2.74 bits per heavy atom. The summed E-state index contributed by atoms with van der Waals surface area (Å²) in [6.45, 7) is 5.34. The minimum absolute atomic E-state index is 0.0507. The van der Waals surface area contributed by atoms with E-state index < -0.39 is 5.97 Å². The van der Waals surface area contributed by atoms with E-state index in [1.165, 1.54) is 19.2 Å². The zero-order valence-corrected chi connectivity index (χ0v) is 20.3. The number of rotatable bonds is 9. The summed E-state index contributed by atoms with van der Waals surface area (Å²) in [6, 6.07) is 8.10. The molecular weight excluding hydrogens is 451 g/mol. The van der Waals surface area contributed by atoms with Gasteiger partial charge in [-0.2, -0.15) is 0 Å². The number of pyridine rings is 1. The number of carbonyl (C=O) groups excluding carboxylic acids is 2. The summed E-state index contributed by atoms with van der Waals surface area (Å²) < 4.78 is 25.9. The van der Waals surface area contributed by atoms with Crippen LogP contribution in [0.15, 0.2) is 36.5 Å². The smallest absolute Gasteiger partial charge is 0.356 e. The number of hydrogen-bond donors (Lipinski definition) is 2. The zero-order valence-electron chi connectivity index (χ0n) is 20.3. The van der Waals surface area contributed by atoms with Crippen molar-refractivity contribution in [3.8, 4) is 0 Å². The number of aromatic nitrogens is 2. The molecule has 2 N–H and O–H groups in total. The molecule has 1 aliphatic rings. The van der Waals surface area contributed by atoms with Crippen molar-refractivity contribution in [3.05, 3.63) is 53.6 Å². The first-order valence-electron chi connectivity index (χ1n) is 11.9. The van der Waals surface area contributed by atoms with E-state index in [1.54, 1.807) is 22.9 Å². The number of anilines is 2. The maximum atomic E-state index is 13.2. The molecule has 186 valence electrons. The monoisotopic (exact) mass is 482 g/mol. The summed E-state index contributed by atoms with van der Waals surface area (Å²) in [6.07, 6.45) is 4.13. The molecular formula is C26H31FN4O4. The van der Waals surface area contributed by atoms with E-state index in [4.69, 9.17) is 9.47 Å². The molecule has 1 saturated heterocycles. The molecule has 2 aromatic heterocycles. The van der Waals surface area contributed by atoms with Crippen molar-refractivity contribution < 1.29 is 23.5 Å². The Hall–Kier alpha value is -3.46. The second-order valence-electron chi connectivity index (χ2n) is 8.83. The minimum atomic E-state index is -0.554. The van der Waals surface area contributed by atoms with Crippen LogP contribution >= 0.6 is 0 Å². The van der Waals surface area contributed by atoms with Crippen LogP contribution in [0.25, 0.3) is 11.0 Å². The van der Waals surface area contributed by atoms with Crippen molar-refractivity contribution >= 4 is 34.3 Å². The fourth-order valence-corrected chi connectivity index (χ4v) is 4.17. The Kier molecular flexibility index (Phi) is 7.65. The van der Waals surface area contributed by atoms with E-state index in [1.807, 2.05) is 19.9 Å². The molecule has 0 radical (unpaired) electrons. The molecule has 3 aromatic rings. The molecule has 35 heavy (non-hydrogen) atoms. The maximum Gasteiger partial charge on any atom is 0.356 e. The lowest BCUT2D eigenvalue weighted by Crippen LogP contribution is -2.23. The van der Waals surface area contributed by atoms with Crippen molar-refractivity contribution in [2.24, 2.45) is 5.92 Å². The number of ether oxygens (including phenoxy) is 2. The van der Waals surface area contributed by atoms with Gasteiger partial charge in [-0.25, -0.2) is 14.2 Å². The number of nitrogens with zero attached hydrogens (tertiary/aromatic N) is 2. The molecule has 1 fully saturated rings.